The van der Waals surface area contributed by atoms with Crippen molar-refractivity contribution in [1.82, 2.24) is 0 Å². The number of primary amides is 1. The predicted octanol–water partition coefficient (Wildman–Crippen LogP) is -2.14. The number of rotatable bonds is 1. The molecule has 0 aromatic carbocycles. The van der Waals surface area contributed by atoms with E-state index in [-0.39, 0.29) is 6.54 Å². The van der Waals surface area contributed by atoms with Gasteiger partial charge in [-0.1, -0.05) is 0 Å². The van der Waals surface area contributed by atoms with Crippen LogP contribution < -0.4 is 17.2 Å². The Morgan fingerprint density at radius 3 is 1.88 bits per heavy atom. The molecule has 1 amide bonds. The molecule has 0 spiro atoms. The van der Waals surface area contributed by atoms with E-state index in [2.05, 4.69) is 11.5 Å². The molecule has 0 aromatic rings. The molecule has 0 aliphatic carbocycles. The topological polar surface area (TPSA) is 119 Å². The zero-order chi connectivity index (χ0) is 6.99. The van der Waals surface area contributed by atoms with Crippen LogP contribution in [-0.4, -0.2) is 12.5 Å². The van der Waals surface area contributed by atoms with Gasteiger partial charge in [-0.15, -0.1) is 0 Å². The summed E-state index contributed by atoms with van der Waals surface area (Å²) in [6.07, 6.45) is 1.25. The van der Waals surface area contributed by atoms with E-state index in [0.717, 1.165) is 0 Å². The molecule has 8 heavy (non-hydrogen) atoms. The molecule has 0 aliphatic heterocycles. The van der Waals surface area contributed by atoms with Crippen LogP contribution in [-0.2, 0) is 4.79 Å². The molecule has 0 bridgehead atoms. The van der Waals surface area contributed by atoms with Crippen LogP contribution >= 0.6 is 0 Å². The van der Waals surface area contributed by atoms with Gasteiger partial charge in [-0.2, -0.15) is 5.26 Å². The smallest absolute Gasteiger partial charge is 0.231 e. The highest BCUT2D eigenvalue weighted by Crippen LogP contribution is 1.36. The molecule has 0 fully saturated rings. The minimum atomic E-state index is -0.468. The summed E-state index contributed by atoms with van der Waals surface area (Å²) in [6.45, 7) is -0.0556. The number of amides is 1. The first-order chi connectivity index (χ1) is 3.68. The van der Waals surface area contributed by atoms with Gasteiger partial charge in [0, 0.05) is 0 Å². The molecule has 0 saturated heterocycles. The maximum Gasteiger partial charge on any atom is 0.231 e. The maximum absolute atomic E-state index is 9.47. The molecule has 0 radical (unpaired) electrons. The summed E-state index contributed by atoms with van der Waals surface area (Å²) in [5.74, 6) is -0.468. The van der Waals surface area contributed by atoms with Crippen molar-refractivity contribution in [2.24, 2.45) is 17.2 Å². The van der Waals surface area contributed by atoms with Gasteiger partial charge >= 0.3 is 0 Å². The number of nitrogens with two attached hydrogens (primary N) is 3. The van der Waals surface area contributed by atoms with Crippen molar-refractivity contribution in [1.29, 1.82) is 5.26 Å². The molecule has 5 nitrogen and oxygen atoms in total. The predicted molar refractivity (Wildman–Crippen MR) is 28.0 cm³/mol. The van der Waals surface area contributed by atoms with E-state index in [4.69, 9.17) is 11.0 Å². The molecule has 0 saturated carbocycles. The number of hydrogen-bond acceptors (Lipinski definition) is 4. The lowest BCUT2D eigenvalue weighted by Gasteiger charge is -1.74. The van der Waals surface area contributed by atoms with Crippen molar-refractivity contribution in [2.45, 2.75) is 0 Å². The second-order valence-corrected chi connectivity index (χ2v) is 0.800. The molecular weight excluding hydrogens is 108 g/mol. The minimum Gasteiger partial charge on any atom is -0.369 e. The summed E-state index contributed by atoms with van der Waals surface area (Å²) < 4.78 is 0. The summed E-state index contributed by atoms with van der Waals surface area (Å²) in [7, 11) is 0. The van der Waals surface area contributed by atoms with Gasteiger partial charge in [0.25, 0.3) is 0 Å². The lowest BCUT2D eigenvalue weighted by atomic mass is 10.7. The van der Waals surface area contributed by atoms with E-state index < -0.39 is 5.91 Å². The second kappa shape index (κ2) is 9.21. The average Bonchev–Trinajstić information content (AvgIpc) is 1.69. The van der Waals surface area contributed by atoms with Crippen LogP contribution in [0.1, 0.15) is 0 Å². The van der Waals surface area contributed by atoms with Crippen LogP contribution in [0.5, 0.6) is 0 Å². The van der Waals surface area contributed by atoms with E-state index >= 15 is 0 Å². The van der Waals surface area contributed by atoms with Gasteiger partial charge in [-0.3, -0.25) is 4.79 Å². The van der Waals surface area contributed by atoms with Crippen LogP contribution in [0.25, 0.3) is 0 Å². The molecule has 5 heteroatoms. The van der Waals surface area contributed by atoms with E-state index in [1.807, 2.05) is 0 Å². The molecule has 0 heterocycles. The fourth-order valence-corrected chi connectivity index (χ4v) is 0. The van der Waals surface area contributed by atoms with Crippen molar-refractivity contribution >= 4 is 5.91 Å². The summed E-state index contributed by atoms with van der Waals surface area (Å²) >= 11 is 0. The van der Waals surface area contributed by atoms with Gasteiger partial charge in [0.15, 0.2) is 6.19 Å². The Morgan fingerprint density at radius 2 is 1.88 bits per heavy atom. The first-order valence-electron chi connectivity index (χ1n) is 1.77. The van der Waals surface area contributed by atoms with Crippen molar-refractivity contribution in [3.05, 3.63) is 0 Å². The second-order valence-electron chi connectivity index (χ2n) is 0.800. The first-order valence-corrected chi connectivity index (χ1v) is 1.77. The third-order valence-electron chi connectivity index (χ3n) is 0.201. The highest BCUT2D eigenvalue weighted by molar-refractivity contribution is 5.75. The van der Waals surface area contributed by atoms with Crippen molar-refractivity contribution in [2.75, 3.05) is 6.54 Å². The highest BCUT2D eigenvalue weighted by atomic mass is 16.1. The van der Waals surface area contributed by atoms with Gasteiger partial charge in [0.2, 0.25) is 5.91 Å². The number of nitrogens with zero attached hydrogens (tertiary/aromatic N) is 1. The highest BCUT2D eigenvalue weighted by Gasteiger charge is 1.77. The number of nitriles is 1. The third-order valence-corrected chi connectivity index (χ3v) is 0.201. The standard InChI is InChI=1S/C2H6N2O.CH2N2/c3-1-2(4)5;2-1-3/h1,3H2,(H2,4,5);2H2. The number of hydrogen-bond donors (Lipinski definition) is 3. The number of carbonyl (C=O) groups excluding carboxylic acids is 1. The fraction of sp³-hybridized carbons (Fsp3) is 0.333. The molecule has 0 aromatic heterocycles. The summed E-state index contributed by atoms with van der Waals surface area (Å²) in [4.78, 5) is 9.47. The summed E-state index contributed by atoms with van der Waals surface area (Å²) in [6, 6.07) is 0. The molecule has 0 unspecified atom stereocenters. The SMILES string of the molecule is N#CN.NCC(N)=O. The Hall–Kier alpha value is -1.28. The molecule has 0 aliphatic rings. The third kappa shape index (κ3) is 126. The minimum absolute atomic E-state index is 0.0556. The van der Waals surface area contributed by atoms with Gasteiger partial charge in [-0.05, 0) is 0 Å². The summed E-state index contributed by atoms with van der Waals surface area (Å²) in [5, 5.41) is 7.10. The van der Waals surface area contributed by atoms with Gasteiger partial charge in [-0.25, -0.2) is 0 Å². The van der Waals surface area contributed by atoms with Crippen molar-refractivity contribution in [3.8, 4) is 6.19 Å². The van der Waals surface area contributed by atoms with Crippen LogP contribution in [0, 0.1) is 11.5 Å². The molecule has 0 atom stereocenters. The van der Waals surface area contributed by atoms with Gasteiger partial charge < -0.3 is 17.2 Å². The zero-order valence-corrected chi connectivity index (χ0v) is 4.29. The van der Waals surface area contributed by atoms with E-state index in [1.54, 1.807) is 0 Å². The van der Waals surface area contributed by atoms with Gasteiger partial charge in [0.05, 0.1) is 6.54 Å². The Balaban J connectivity index is 0. The van der Waals surface area contributed by atoms with E-state index in [1.165, 1.54) is 6.19 Å². The average molecular weight is 116 g/mol. The first kappa shape index (κ1) is 9.87. The molecular formula is C3H8N4O. The fourth-order valence-electron chi connectivity index (χ4n) is 0. The molecule has 0 rings (SSSR count). The Morgan fingerprint density at radius 1 is 1.75 bits per heavy atom. The van der Waals surface area contributed by atoms with E-state index in [9.17, 15) is 4.79 Å². The van der Waals surface area contributed by atoms with Gasteiger partial charge in [0.1, 0.15) is 0 Å². The normalized spacial score (nSPS) is 5.50. The maximum atomic E-state index is 9.47. The quantitative estimate of drug-likeness (QED) is 0.267. The molecule has 46 valence electrons. The Bertz CT molecular complexity index is 93.9. The van der Waals surface area contributed by atoms with Crippen LogP contribution in [0.4, 0.5) is 0 Å². The Labute approximate surface area is 47.0 Å². The number of carbonyl (C=O) groups is 1. The van der Waals surface area contributed by atoms with Crippen LogP contribution in [0.15, 0.2) is 0 Å². The lowest BCUT2D eigenvalue weighted by Crippen LogP contribution is -2.21. The lowest BCUT2D eigenvalue weighted by molar-refractivity contribution is -0.116. The van der Waals surface area contributed by atoms with Crippen LogP contribution in [0.2, 0.25) is 0 Å². The largest absolute Gasteiger partial charge is 0.369 e. The van der Waals surface area contributed by atoms with Crippen molar-refractivity contribution < 1.29 is 4.79 Å². The van der Waals surface area contributed by atoms with Crippen molar-refractivity contribution in [3.63, 3.8) is 0 Å². The zero-order valence-electron chi connectivity index (χ0n) is 4.29. The summed E-state index contributed by atoms with van der Waals surface area (Å²) in [5.41, 5.74) is 13.4. The molecule has 6 N–H and O–H groups in total. The van der Waals surface area contributed by atoms with E-state index in [0.29, 0.717) is 0 Å². The Kier molecular flexibility index (Phi) is 11.4. The monoisotopic (exact) mass is 116 g/mol. The van der Waals surface area contributed by atoms with Crippen LogP contribution in [0.3, 0.4) is 0 Å².